The van der Waals surface area contributed by atoms with Crippen LogP contribution in [0, 0.1) is 0 Å². The number of Topliss-reactive ketones (excluding diaryl/α,β-unsaturated/α-hetero) is 1. The normalized spacial score (nSPS) is 11.1. The van der Waals surface area contributed by atoms with Gasteiger partial charge in [-0.1, -0.05) is 6.07 Å². The summed E-state index contributed by atoms with van der Waals surface area (Å²) in [6.45, 7) is 1.56. The molecule has 0 saturated heterocycles. The van der Waals surface area contributed by atoms with E-state index in [-0.39, 0.29) is 5.78 Å². The Hall–Kier alpha value is -2.16. The van der Waals surface area contributed by atoms with Crippen molar-refractivity contribution in [2.24, 2.45) is 0 Å². The first-order valence-electron chi connectivity index (χ1n) is 5.17. The van der Waals surface area contributed by atoms with Crippen LogP contribution < -0.4 is 4.98 Å². The standard InChI is InChI=1S/C13H10N2O/c1-8(16)12-3-2-9-4-10-6-14-7-11(10)5-13(9)15-12/h2-7,15H,1H3/p+1. The minimum absolute atomic E-state index is 0.0519. The number of benzene rings is 1. The molecule has 0 bridgehead atoms. The molecular formula is C13H11N2O+. The number of carbonyl (C=O) groups excluding carboxylic acids is 1. The average molecular weight is 211 g/mol. The topological polar surface area (TPSA) is 47.0 Å². The second-order valence-electron chi connectivity index (χ2n) is 3.95. The lowest BCUT2D eigenvalue weighted by Crippen LogP contribution is -1.95. The summed E-state index contributed by atoms with van der Waals surface area (Å²) in [7, 11) is 0. The molecule has 0 aliphatic carbocycles. The number of fused-ring (bicyclic) bond motifs is 2. The molecule has 3 heteroatoms. The van der Waals surface area contributed by atoms with Gasteiger partial charge in [0.25, 0.3) is 0 Å². The molecule has 0 radical (unpaired) electrons. The Morgan fingerprint density at radius 2 is 1.88 bits per heavy atom. The van der Waals surface area contributed by atoms with Gasteiger partial charge in [0, 0.05) is 12.4 Å². The van der Waals surface area contributed by atoms with Gasteiger partial charge in [0.05, 0.1) is 16.5 Å². The Labute approximate surface area is 92.1 Å². The number of H-pyrrole nitrogens is 2. The highest BCUT2D eigenvalue weighted by Gasteiger charge is 2.05. The summed E-state index contributed by atoms with van der Waals surface area (Å²) >= 11 is 0. The van der Waals surface area contributed by atoms with Crippen molar-refractivity contribution in [1.82, 2.24) is 4.98 Å². The van der Waals surface area contributed by atoms with E-state index >= 15 is 0 Å². The van der Waals surface area contributed by atoms with Crippen molar-refractivity contribution in [2.45, 2.75) is 6.92 Å². The van der Waals surface area contributed by atoms with Gasteiger partial charge in [0.1, 0.15) is 0 Å². The molecule has 0 unspecified atom stereocenters. The lowest BCUT2D eigenvalue weighted by molar-refractivity contribution is -0.371. The van der Waals surface area contributed by atoms with Crippen molar-refractivity contribution in [3.8, 4) is 0 Å². The van der Waals surface area contributed by atoms with Crippen molar-refractivity contribution in [1.29, 1.82) is 0 Å². The van der Waals surface area contributed by atoms with Crippen molar-refractivity contribution < 1.29 is 9.78 Å². The zero-order valence-electron chi connectivity index (χ0n) is 8.87. The first-order valence-corrected chi connectivity index (χ1v) is 5.17. The molecule has 0 fully saturated rings. The number of hydrogen-bond donors (Lipinski definition) is 1. The maximum atomic E-state index is 11.3. The van der Waals surface area contributed by atoms with Crippen LogP contribution in [0.25, 0.3) is 21.7 Å². The van der Waals surface area contributed by atoms with Gasteiger partial charge in [0.2, 0.25) is 0 Å². The SMILES string of the molecule is CC(=O)c1ccc2cc3c[nH+]cc3cc2[nH]1. The van der Waals surface area contributed by atoms with E-state index in [9.17, 15) is 4.79 Å². The van der Waals surface area contributed by atoms with Gasteiger partial charge >= 0.3 is 0 Å². The molecule has 1 aromatic carbocycles. The molecule has 3 rings (SSSR count). The molecule has 78 valence electrons. The fraction of sp³-hybridized carbons (Fsp3) is 0.0769. The molecule has 0 saturated carbocycles. The number of aromatic amines is 2. The Kier molecular flexibility index (Phi) is 1.80. The molecule has 2 heterocycles. The predicted octanol–water partition coefficient (Wildman–Crippen LogP) is 2.34. The molecule has 16 heavy (non-hydrogen) atoms. The zero-order valence-corrected chi connectivity index (χ0v) is 8.87. The van der Waals surface area contributed by atoms with Gasteiger partial charge in [-0.25, -0.2) is 4.98 Å². The summed E-state index contributed by atoms with van der Waals surface area (Å²) in [4.78, 5) is 17.5. The van der Waals surface area contributed by atoms with Gasteiger partial charge in [-0.15, -0.1) is 0 Å². The Balaban J connectivity index is 2.37. The molecule has 0 aliphatic heterocycles. The lowest BCUT2D eigenvalue weighted by Gasteiger charge is -2.01. The van der Waals surface area contributed by atoms with Gasteiger partial charge in [-0.2, -0.15) is 0 Å². The van der Waals surface area contributed by atoms with Crippen LogP contribution in [0.3, 0.4) is 0 Å². The molecule has 0 spiro atoms. The highest BCUT2D eigenvalue weighted by atomic mass is 16.1. The average Bonchev–Trinajstić information content (AvgIpc) is 2.71. The van der Waals surface area contributed by atoms with Crippen molar-refractivity contribution in [3.63, 3.8) is 0 Å². The quantitative estimate of drug-likeness (QED) is 0.617. The highest BCUT2D eigenvalue weighted by Crippen LogP contribution is 2.20. The fourth-order valence-electron chi connectivity index (χ4n) is 1.93. The molecule has 2 N–H and O–H groups in total. The van der Waals surface area contributed by atoms with E-state index in [1.54, 1.807) is 6.92 Å². The Morgan fingerprint density at radius 1 is 1.12 bits per heavy atom. The second-order valence-corrected chi connectivity index (χ2v) is 3.95. The molecule has 0 amide bonds. The summed E-state index contributed by atoms with van der Waals surface area (Å²) in [5.74, 6) is 0.0519. The van der Waals surface area contributed by atoms with Crippen molar-refractivity contribution in [2.75, 3.05) is 0 Å². The maximum absolute atomic E-state index is 11.3. The second kappa shape index (κ2) is 3.17. The number of ketones is 1. The number of carbonyl (C=O) groups is 1. The third-order valence-corrected chi connectivity index (χ3v) is 2.81. The predicted molar refractivity (Wildman–Crippen MR) is 62.4 cm³/mol. The third kappa shape index (κ3) is 1.29. The number of rotatable bonds is 1. The summed E-state index contributed by atoms with van der Waals surface area (Å²) in [5.41, 5.74) is 1.63. The van der Waals surface area contributed by atoms with Gasteiger partial charge in [-0.3, -0.25) is 4.79 Å². The van der Waals surface area contributed by atoms with Crippen LogP contribution in [0.1, 0.15) is 17.4 Å². The van der Waals surface area contributed by atoms with Crippen LogP contribution in [0.2, 0.25) is 0 Å². The Bertz CT molecular complexity index is 697. The molecular weight excluding hydrogens is 200 g/mol. The number of aromatic nitrogens is 2. The number of hydrogen-bond acceptors (Lipinski definition) is 1. The molecule has 0 atom stereocenters. The smallest absolute Gasteiger partial charge is 0.175 e. The van der Waals surface area contributed by atoms with E-state index < -0.39 is 0 Å². The number of pyridine rings is 1. The molecule has 0 aliphatic rings. The van der Waals surface area contributed by atoms with E-state index in [0.29, 0.717) is 5.69 Å². The minimum Gasteiger partial charge on any atom is -0.352 e. The van der Waals surface area contributed by atoms with Gasteiger partial charge in [-0.05, 0) is 23.6 Å². The van der Waals surface area contributed by atoms with E-state index in [2.05, 4.69) is 16.0 Å². The first-order chi connectivity index (χ1) is 7.74. The molecule has 3 aromatic rings. The summed E-state index contributed by atoms with van der Waals surface area (Å²) in [6.07, 6.45) is 3.91. The molecule has 2 aromatic heterocycles. The molecule has 3 nitrogen and oxygen atoms in total. The van der Waals surface area contributed by atoms with Crippen LogP contribution in [0.5, 0.6) is 0 Å². The van der Waals surface area contributed by atoms with Crippen LogP contribution >= 0.6 is 0 Å². The summed E-state index contributed by atoms with van der Waals surface area (Å²) in [6, 6.07) is 7.94. The van der Waals surface area contributed by atoms with Crippen molar-refractivity contribution in [3.05, 3.63) is 42.4 Å². The van der Waals surface area contributed by atoms with Gasteiger partial charge < -0.3 is 4.98 Å². The largest absolute Gasteiger partial charge is 0.352 e. The maximum Gasteiger partial charge on any atom is 0.175 e. The minimum atomic E-state index is 0.0519. The fourth-order valence-corrected chi connectivity index (χ4v) is 1.93. The van der Waals surface area contributed by atoms with Crippen LogP contribution in [0.15, 0.2) is 36.7 Å². The van der Waals surface area contributed by atoms with E-state index in [0.717, 1.165) is 16.3 Å². The monoisotopic (exact) mass is 211 g/mol. The van der Waals surface area contributed by atoms with E-state index in [1.165, 1.54) is 5.39 Å². The first kappa shape index (κ1) is 9.09. The highest BCUT2D eigenvalue weighted by molar-refractivity contribution is 5.99. The van der Waals surface area contributed by atoms with Crippen molar-refractivity contribution >= 4 is 27.5 Å². The zero-order chi connectivity index (χ0) is 11.1. The number of nitrogens with one attached hydrogen (secondary N) is 2. The van der Waals surface area contributed by atoms with Crippen LogP contribution in [-0.4, -0.2) is 10.8 Å². The van der Waals surface area contributed by atoms with E-state index in [4.69, 9.17) is 0 Å². The third-order valence-electron chi connectivity index (χ3n) is 2.81. The lowest BCUT2D eigenvalue weighted by atomic mass is 10.1. The van der Waals surface area contributed by atoms with Gasteiger partial charge in [0.15, 0.2) is 18.2 Å². The van der Waals surface area contributed by atoms with Crippen LogP contribution in [0.4, 0.5) is 0 Å². The van der Waals surface area contributed by atoms with Crippen LogP contribution in [-0.2, 0) is 0 Å². The summed E-state index contributed by atoms with van der Waals surface area (Å²) in [5, 5.41) is 3.43. The van der Waals surface area contributed by atoms with E-state index in [1.807, 2.05) is 30.6 Å². The Morgan fingerprint density at radius 3 is 2.62 bits per heavy atom. The summed E-state index contributed by atoms with van der Waals surface area (Å²) < 4.78 is 0.